The van der Waals surface area contributed by atoms with Crippen molar-refractivity contribution in [2.24, 2.45) is 17.8 Å². The van der Waals surface area contributed by atoms with Crippen LogP contribution in [-0.2, 0) is 37.6 Å². The fourth-order valence-corrected chi connectivity index (χ4v) is 20.2. The van der Waals surface area contributed by atoms with E-state index in [-0.39, 0.29) is 57.5 Å². The van der Waals surface area contributed by atoms with Crippen molar-refractivity contribution in [2.45, 2.75) is 156 Å². The van der Waals surface area contributed by atoms with Gasteiger partial charge in [0.1, 0.15) is 38.1 Å². The lowest BCUT2D eigenvalue weighted by Gasteiger charge is -2.32. The van der Waals surface area contributed by atoms with Crippen molar-refractivity contribution in [3.05, 3.63) is 171 Å². The molecule has 9 fully saturated rings. The van der Waals surface area contributed by atoms with Crippen LogP contribution in [0.1, 0.15) is 111 Å². The Hall–Kier alpha value is -7.16. The van der Waals surface area contributed by atoms with E-state index in [0.29, 0.717) is 103 Å². The summed E-state index contributed by atoms with van der Waals surface area (Å²) in [5, 5.41) is 13.5. The Bertz CT molecular complexity index is 5560. The number of likely N-dealkylation sites (tertiary alicyclic amines) is 3. The first kappa shape index (κ1) is 116. The molecule has 3 atom stereocenters. The number of amides is 6. The lowest BCUT2D eigenvalue weighted by Crippen LogP contribution is -2.41. The summed E-state index contributed by atoms with van der Waals surface area (Å²) in [6.45, 7) is 35.9. The van der Waals surface area contributed by atoms with E-state index in [9.17, 15) is 53.9 Å². The first-order valence-electron chi connectivity index (χ1n) is 46.5. The summed E-state index contributed by atoms with van der Waals surface area (Å²) in [5.74, 6) is 0.916. The molecule has 9 aliphatic heterocycles. The van der Waals surface area contributed by atoms with Gasteiger partial charge in [-0.2, -0.15) is 53.0 Å². The molecule has 4 N–H and O–H groups in total. The zero-order valence-corrected chi connectivity index (χ0v) is 91.1. The molecule has 0 unspecified atom stereocenters. The number of urea groups is 3. The van der Waals surface area contributed by atoms with Gasteiger partial charge >= 0.3 is 50.9 Å². The number of aryl methyl sites for hydroxylation is 3. The van der Waals surface area contributed by atoms with Crippen LogP contribution >= 0.6 is 128 Å². The van der Waals surface area contributed by atoms with Crippen LogP contribution in [-0.4, -0.2) is 262 Å². The molecule has 3 aromatic carbocycles. The maximum atomic E-state index is 12.8. The predicted molar refractivity (Wildman–Crippen MR) is 570 cm³/mol. The van der Waals surface area contributed by atoms with Crippen LogP contribution in [0.25, 0.3) is 32.8 Å². The smallest absolute Gasteiger partial charge is 0.399 e. The number of nitrogens with zero attached hydrogens (tertiary/aromatic N) is 12. The topological polar surface area (TPSA) is 270 Å². The van der Waals surface area contributed by atoms with E-state index < -0.39 is 85.9 Å². The molecule has 9 saturated heterocycles. The summed E-state index contributed by atoms with van der Waals surface area (Å²) < 4.78 is 162. The molecule has 143 heavy (non-hydrogen) atoms. The molecule has 0 spiro atoms. The van der Waals surface area contributed by atoms with Gasteiger partial charge in [0.2, 0.25) is 0 Å². The van der Waals surface area contributed by atoms with Gasteiger partial charge in [0.25, 0.3) is 0 Å². The molecule has 0 saturated carbocycles. The van der Waals surface area contributed by atoms with Gasteiger partial charge in [-0.05, 0) is 282 Å². The second-order valence-electron chi connectivity index (χ2n) is 37.3. The monoisotopic (exact) mass is 2350 g/mol. The lowest BCUT2D eigenvalue weighted by molar-refractivity contribution is -0.144. The van der Waals surface area contributed by atoms with Gasteiger partial charge in [-0.1, -0.05) is 70.2 Å². The molecule has 18 rings (SSSR count). The molecule has 778 valence electrons. The minimum absolute atomic E-state index is 0. The highest BCUT2D eigenvalue weighted by atomic mass is 127. The number of ether oxygens (including phenoxy) is 4. The molecule has 9 aromatic rings. The molecule has 0 aliphatic carbocycles. The third-order valence-corrected chi connectivity index (χ3v) is 29.1. The molecule has 0 bridgehead atoms. The van der Waals surface area contributed by atoms with E-state index in [1.54, 1.807) is 71.1 Å². The van der Waals surface area contributed by atoms with Gasteiger partial charge in [0.05, 0.1) is 102 Å². The number of thiazole rings is 2. The molecule has 6 amide bonds. The van der Waals surface area contributed by atoms with Crippen molar-refractivity contribution in [3.63, 3.8) is 0 Å². The van der Waals surface area contributed by atoms with Crippen LogP contribution in [0.5, 0.6) is 0 Å². The Morgan fingerprint density at radius 1 is 0.434 bits per heavy atom. The van der Waals surface area contributed by atoms with Crippen molar-refractivity contribution >= 4 is 205 Å². The summed E-state index contributed by atoms with van der Waals surface area (Å²) in [7, 11) is -0.813. The molecule has 0 radical (unpaired) electrons. The summed E-state index contributed by atoms with van der Waals surface area (Å²) in [6, 6.07) is 30.7. The molecular weight excluding hydrogens is 2240 g/mol. The highest BCUT2D eigenvalue weighted by molar-refractivity contribution is 14.1. The van der Waals surface area contributed by atoms with Crippen molar-refractivity contribution in [3.8, 4) is 32.8 Å². The number of carbonyl (C=O) groups excluding carboxylic acids is 3. The number of alkyl halides is 9. The predicted octanol–water partition coefficient (Wildman–Crippen LogP) is 21.6. The summed E-state index contributed by atoms with van der Waals surface area (Å²) >= 11 is 30.8. The number of benzene rings is 3. The fourth-order valence-electron chi connectivity index (χ4n) is 16.5. The van der Waals surface area contributed by atoms with Gasteiger partial charge in [0, 0.05) is 147 Å². The number of morpholine rings is 4. The van der Waals surface area contributed by atoms with Gasteiger partial charge in [-0.3, -0.25) is 9.97 Å². The Labute approximate surface area is 891 Å². The van der Waals surface area contributed by atoms with Gasteiger partial charge in [-0.25, -0.2) is 34.3 Å². The minimum atomic E-state index is -4.22. The van der Waals surface area contributed by atoms with Crippen molar-refractivity contribution in [2.75, 3.05) is 175 Å². The second kappa shape index (κ2) is 52.3. The van der Waals surface area contributed by atoms with Crippen LogP contribution in [0.15, 0.2) is 127 Å². The first-order chi connectivity index (χ1) is 67.1. The average Bonchev–Trinajstić information content (AvgIpc) is 1.63. The molecule has 27 nitrogen and oxygen atoms in total. The third-order valence-electron chi connectivity index (χ3n) is 25.5. The number of carbonyl (C=O) groups is 3. The van der Waals surface area contributed by atoms with Crippen LogP contribution in [0.2, 0.25) is 20.6 Å². The normalized spacial score (nSPS) is 19.6. The Balaban J connectivity index is 0.000000170. The Morgan fingerprint density at radius 3 is 1.15 bits per heavy atom. The van der Waals surface area contributed by atoms with E-state index in [0.717, 1.165) is 163 Å². The Kier molecular flexibility index (Phi) is 42.5. The van der Waals surface area contributed by atoms with Crippen LogP contribution < -0.4 is 46.2 Å². The second-order valence-corrected chi connectivity index (χ2v) is 43.2. The third kappa shape index (κ3) is 35.2. The fraction of sp³-hybridized carbons (Fsp3) is 0.510. The highest BCUT2D eigenvalue weighted by Crippen LogP contribution is 2.42. The largest absolute Gasteiger partial charge is 0.507 e. The number of halogens is 15. The summed E-state index contributed by atoms with van der Waals surface area (Å²) in [4.78, 5) is 75.4. The SMILES string of the molecule is C1COCCN1.CC1(C)OB(c2cncs2)OC1(C)C.Cc1ccc(NC(=O)N2CC[C@@H](CC(F)(F)F)C2)cc1-c1cc(-c2cncs2)nc(N2CCOCC2)c1.Cc1ccc(NC(=O)N2CC[C@@H](CC(F)(F)F)C2)cc1-c1cc(Cl)nc(N2CCOCC2)c1.Cc1ccc(NC(=O)N2CC[C@@H](CC(F)(F)F)C2)cc1B1OC(C)(C)C(C)(C)O1.Clc1cc(I)cc(Cl)n1.Clc1cc(I)cc(N2CCOCC2)n1.S. The van der Waals surface area contributed by atoms with E-state index in [4.69, 9.17) is 89.0 Å². The maximum absolute atomic E-state index is 12.8. The number of anilines is 6. The molecule has 6 aromatic heterocycles. The van der Waals surface area contributed by atoms with Gasteiger partial charge < -0.3 is 88.2 Å². The maximum Gasteiger partial charge on any atom is 0.507 e. The number of rotatable bonds is 14. The van der Waals surface area contributed by atoms with E-state index >= 15 is 0 Å². The average molecular weight is 2360 g/mol. The Morgan fingerprint density at radius 2 is 0.783 bits per heavy atom. The number of aromatic nitrogens is 6. The number of nitrogens with one attached hydrogen (secondary N) is 4. The van der Waals surface area contributed by atoms with Crippen molar-refractivity contribution in [1.82, 2.24) is 49.9 Å². The quantitative estimate of drug-likeness (QED) is 0.0341. The van der Waals surface area contributed by atoms with Crippen LogP contribution in [0.4, 0.5) is 88.4 Å². The highest BCUT2D eigenvalue weighted by Gasteiger charge is 2.54. The number of hydrogen-bond donors (Lipinski definition) is 4. The lowest BCUT2D eigenvalue weighted by atomic mass is 9.76. The minimum Gasteiger partial charge on any atom is -0.399 e. The van der Waals surface area contributed by atoms with E-state index in [2.05, 4.69) is 106 Å². The molecule has 47 heteroatoms. The molecule has 15 heterocycles. The molecular formula is C96H119B2Cl4F9I2N16O11S3. The van der Waals surface area contributed by atoms with Crippen molar-refractivity contribution < 1.29 is 91.5 Å². The zero-order valence-electron chi connectivity index (χ0n) is 81.2. The summed E-state index contributed by atoms with van der Waals surface area (Å²) in [6.07, 6.45) is -10.5. The van der Waals surface area contributed by atoms with Gasteiger partial charge in [-0.15, -0.1) is 22.7 Å². The number of hydrogen-bond acceptors (Lipinski definition) is 23. The van der Waals surface area contributed by atoms with Gasteiger partial charge in [0.15, 0.2) is 0 Å². The van der Waals surface area contributed by atoms with Crippen LogP contribution in [0, 0.1) is 45.7 Å². The van der Waals surface area contributed by atoms with E-state index in [1.807, 2.05) is 143 Å². The van der Waals surface area contributed by atoms with Crippen LogP contribution in [0.3, 0.4) is 0 Å². The van der Waals surface area contributed by atoms with Crippen molar-refractivity contribution in [1.29, 1.82) is 0 Å². The summed E-state index contributed by atoms with van der Waals surface area (Å²) in [5.41, 5.74) is 12.1. The molecule has 9 aliphatic rings. The number of pyridine rings is 4. The van der Waals surface area contributed by atoms with E-state index in [1.165, 1.54) is 26.0 Å². The zero-order chi connectivity index (χ0) is 103. The standard InChI is InChI=1S/C26H28F3N5O2S.C23H26ClF3N4O2.C20H28BF3N2O3.C9H14BNO2S.C9H10ClIN2O.C5H2Cl2IN.C4H9NO.H2S/c1-17-2-3-20(31-25(35)34-5-4-18(15-34)13-26(27,28)29)12-21(17)19-10-22(23-14-30-16-37-23)32-24(11-19)33-6-8-36-9-7-33;1-15-2-3-18(28-22(32)31-5-4-16(14-31)13-23(25,26)27)12-19(15)17-10-20(24)29-21(11-17)30-6-8-33-9-7-30;1-13-6-7-15(10-16(13)21-28-18(2,3)19(4,5)29-21)25-17(27)26-9-8-14(12-26)11-20(22,23)24;1-8(2)9(3,4)13-10(12-8)7-5-11-6-14-7;10-8-5-7(11)6-9(12-8)13-1-3-14-4-2-13;6-4-1-3(8)2-5(7)9-4;1-3-6-4-2-5-1;/h2-3,10-12,14,16,18H,4-9,13,15H2,1H3,(H,31,35);2-3,10-12,16H,4-9,13-14H2,1H3,(H,28,32);6-7,10,14H,8-9,11-12H2,1-5H3,(H,25,27);5-6H,1-4H3;5-6H,1-4H2;1-2H;5H,1-4H2;1H2/t18-;16-;14-;;;;;/m000...../s1. The first-order valence-corrected chi connectivity index (χ1v) is 52.0.